The standard InChI is InChI=1S/C40H72N14O12/c1-7-29(55)54-28(16-22(2)3)40(66)48-19-32(58)51-25(6)37(63)45-21-34(60)53-27(13-9-11-15-42)39(65)47-18-31(57)50-24(5)36(62)44-20-33(59)52-26(12-8-10-14-41)38(64)46-17-30(56)49-23(4)35(43)61/h22-28H,7-21,41-42H2,1-6H3,(H2,43,61)(H,44,62)(H,45,63)(H,46,64)(H,47,65)(H,48,66)(H,49,56)(H,50,57)(H,51,58)(H,52,59)(H,53,60)(H,54,55)/t23-,24-,25-,26-,27-,28-/m0/s1. The molecule has 0 aromatic heterocycles. The third-order valence-corrected chi connectivity index (χ3v) is 9.34. The van der Waals surface area contributed by atoms with Crippen molar-refractivity contribution in [3.05, 3.63) is 0 Å². The van der Waals surface area contributed by atoms with Gasteiger partial charge in [-0.3, -0.25) is 57.5 Å². The molecule has 0 fully saturated rings. The van der Waals surface area contributed by atoms with Gasteiger partial charge in [0, 0.05) is 6.42 Å². The van der Waals surface area contributed by atoms with Crippen molar-refractivity contribution in [2.75, 3.05) is 45.8 Å². The van der Waals surface area contributed by atoms with Crippen molar-refractivity contribution in [2.45, 2.75) is 129 Å². The van der Waals surface area contributed by atoms with Crippen LogP contribution in [0.4, 0.5) is 0 Å². The van der Waals surface area contributed by atoms with Crippen molar-refractivity contribution in [2.24, 2.45) is 23.1 Å². The summed E-state index contributed by atoms with van der Waals surface area (Å²) in [6, 6.07) is -6.39. The molecule has 12 amide bonds. The van der Waals surface area contributed by atoms with Gasteiger partial charge in [-0.05, 0) is 84.7 Å². The second-order valence-corrected chi connectivity index (χ2v) is 15.8. The molecule has 374 valence electrons. The molecule has 26 nitrogen and oxygen atoms in total. The van der Waals surface area contributed by atoms with E-state index < -0.39 is 134 Å². The minimum absolute atomic E-state index is 0.0746. The van der Waals surface area contributed by atoms with Crippen LogP contribution in [-0.2, 0) is 57.5 Å². The van der Waals surface area contributed by atoms with Crippen LogP contribution in [-0.4, -0.2) is 153 Å². The summed E-state index contributed by atoms with van der Waals surface area (Å²) in [7, 11) is 0. The Labute approximate surface area is 384 Å². The fraction of sp³-hybridized carbons (Fsp3) is 0.700. The molecule has 0 radical (unpaired) electrons. The van der Waals surface area contributed by atoms with Crippen LogP contribution in [0.2, 0.25) is 0 Å². The Balaban J connectivity index is 5.07. The molecular weight excluding hydrogens is 869 g/mol. The summed E-state index contributed by atoms with van der Waals surface area (Å²) in [6.07, 6.45) is 2.68. The number of hydrogen-bond acceptors (Lipinski definition) is 14. The van der Waals surface area contributed by atoms with Crippen molar-refractivity contribution < 1.29 is 57.5 Å². The minimum Gasteiger partial charge on any atom is -0.368 e. The van der Waals surface area contributed by atoms with E-state index in [1.165, 1.54) is 20.8 Å². The van der Waals surface area contributed by atoms with Gasteiger partial charge in [-0.15, -0.1) is 0 Å². The van der Waals surface area contributed by atoms with E-state index in [4.69, 9.17) is 17.2 Å². The third-order valence-electron chi connectivity index (χ3n) is 9.34. The minimum atomic E-state index is -1.19. The molecule has 6 atom stereocenters. The molecule has 66 heavy (non-hydrogen) atoms. The van der Waals surface area contributed by atoms with Gasteiger partial charge in [-0.1, -0.05) is 20.8 Å². The average molecular weight is 941 g/mol. The fourth-order valence-corrected chi connectivity index (χ4v) is 5.61. The molecule has 0 aliphatic rings. The van der Waals surface area contributed by atoms with Crippen LogP contribution in [0.3, 0.4) is 0 Å². The van der Waals surface area contributed by atoms with Crippen LogP contribution in [0.5, 0.6) is 0 Å². The number of amides is 12. The Bertz CT molecular complexity index is 1680. The summed E-state index contributed by atoms with van der Waals surface area (Å²) in [4.78, 5) is 149. The number of primary amides is 1. The van der Waals surface area contributed by atoms with E-state index in [1.807, 2.05) is 13.8 Å². The number of rotatable bonds is 33. The van der Waals surface area contributed by atoms with Gasteiger partial charge < -0.3 is 75.7 Å². The molecule has 0 saturated carbocycles. The lowest BCUT2D eigenvalue weighted by molar-refractivity contribution is -0.133. The normalized spacial score (nSPS) is 13.4. The number of nitrogens with one attached hydrogen (secondary N) is 11. The topological polar surface area (TPSA) is 415 Å². The van der Waals surface area contributed by atoms with E-state index in [0.29, 0.717) is 45.2 Å². The SMILES string of the molecule is CCC(=O)N[C@@H](CC(C)C)C(=O)NCC(=O)N[C@@H](C)C(=O)NCC(=O)N[C@@H](CCCCN)C(=O)NCC(=O)N[C@@H](C)C(=O)NCC(=O)N[C@@H](CCCCN)C(=O)NCC(=O)N[C@@H](C)C(N)=O. The zero-order valence-corrected chi connectivity index (χ0v) is 38.8. The molecule has 0 rings (SSSR count). The molecule has 0 bridgehead atoms. The third kappa shape index (κ3) is 27.0. The predicted octanol–water partition coefficient (Wildman–Crippen LogP) is -6.26. The van der Waals surface area contributed by atoms with E-state index in [1.54, 1.807) is 6.92 Å². The van der Waals surface area contributed by atoms with Crippen LogP contribution >= 0.6 is 0 Å². The van der Waals surface area contributed by atoms with Crippen molar-refractivity contribution >= 4 is 70.9 Å². The number of hydrogen-bond donors (Lipinski definition) is 14. The molecule has 0 aliphatic heterocycles. The van der Waals surface area contributed by atoms with Gasteiger partial charge in [0.15, 0.2) is 0 Å². The Morgan fingerprint density at radius 2 is 0.697 bits per heavy atom. The van der Waals surface area contributed by atoms with Gasteiger partial charge in [-0.25, -0.2) is 0 Å². The Hall–Kier alpha value is -6.44. The lowest BCUT2D eigenvalue weighted by Gasteiger charge is -2.21. The highest BCUT2D eigenvalue weighted by atomic mass is 16.2. The highest BCUT2D eigenvalue weighted by Crippen LogP contribution is 2.06. The van der Waals surface area contributed by atoms with Crippen LogP contribution in [0.15, 0.2) is 0 Å². The molecule has 0 aromatic carbocycles. The van der Waals surface area contributed by atoms with Crippen LogP contribution in [0, 0.1) is 5.92 Å². The number of nitrogens with two attached hydrogens (primary N) is 3. The molecule has 0 aromatic rings. The first-order chi connectivity index (χ1) is 31.0. The molecular formula is C40H72N14O12. The van der Waals surface area contributed by atoms with Gasteiger partial charge in [-0.2, -0.15) is 0 Å². The fourth-order valence-electron chi connectivity index (χ4n) is 5.61. The molecule has 0 spiro atoms. The maximum Gasteiger partial charge on any atom is 0.243 e. The zero-order chi connectivity index (χ0) is 50.4. The van der Waals surface area contributed by atoms with Crippen LogP contribution in [0.1, 0.15) is 92.9 Å². The van der Waals surface area contributed by atoms with E-state index in [9.17, 15) is 57.5 Å². The second kappa shape index (κ2) is 33.1. The van der Waals surface area contributed by atoms with Crippen molar-refractivity contribution in [1.82, 2.24) is 58.5 Å². The van der Waals surface area contributed by atoms with Crippen molar-refractivity contribution in [1.29, 1.82) is 0 Å². The number of unbranched alkanes of at least 4 members (excludes halogenated alkanes) is 2. The number of carbonyl (C=O) groups excluding carboxylic acids is 12. The van der Waals surface area contributed by atoms with Crippen LogP contribution in [0.25, 0.3) is 0 Å². The second-order valence-electron chi connectivity index (χ2n) is 15.8. The molecule has 0 heterocycles. The average Bonchev–Trinajstić information content (AvgIpc) is 3.26. The van der Waals surface area contributed by atoms with E-state index in [0.717, 1.165) is 0 Å². The lowest BCUT2D eigenvalue weighted by atomic mass is 10.0. The summed E-state index contributed by atoms with van der Waals surface area (Å²) in [5.74, 6) is -8.31. The quantitative estimate of drug-likeness (QED) is 0.0273. The van der Waals surface area contributed by atoms with E-state index >= 15 is 0 Å². The first kappa shape index (κ1) is 59.6. The van der Waals surface area contributed by atoms with Crippen molar-refractivity contribution in [3.63, 3.8) is 0 Å². The Morgan fingerprint density at radius 3 is 1.02 bits per heavy atom. The summed E-state index contributed by atoms with van der Waals surface area (Å²) in [5, 5.41) is 26.5. The Morgan fingerprint density at radius 1 is 0.394 bits per heavy atom. The Kier molecular flexibility index (Phi) is 29.9. The lowest BCUT2D eigenvalue weighted by Crippen LogP contribution is -2.54. The highest BCUT2D eigenvalue weighted by molar-refractivity contribution is 5.96. The molecule has 26 heteroatoms. The van der Waals surface area contributed by atoms with E-state index in [2.05, 4.69) is 58.5 Å². The maximum atomic E-state index is 13.1. The predicted molar refractivity (Wildman–Crippen MR) is 238 cm³/mol. The van der Waals surface area contributed by atoms with Crippen LogP contribution < -0.4 is 75.7 Å². The highest BCUT2D eigenvalue weighted by Gasteiger charge is 2.26. The summed E-state index contributed by atoms with van der Waals surface area (Å²) < 4.78 is 0. The zero-order valence-electron chi connectivity index (χ0n) is 38.8. The smallest absolute Gasteiger partial charge is 0.243 e. The van der Waals surface area contributed by atoms with Gasteiger partial charge in [0.25, 0.3) is 0 Å². The summed E-state index contributed by atoms with van der Waals surface area (Å²) >= 11 is 0. The monoisotopic (exact) mass is 941 g/mol. The molecule has 0 saturated heterocycles. The van der Waals surface area contributed by atoms with Crippen molar-refractivity contribution in [3.8, 4) is 0 Å². The van der Waals surface area contributed by atoms with E-state index in [-0.39, 0.29) is 31.1 Å². The van der Waals surface area contributed by atoms with Gasteiger partial charge in [0.1, 0.15) is 36.3 Å². The summed E-state index contributed by atoms with van der Waals surface area (Å²) in [5.41, 5.74) is 16.2. The molecule has 17 N–H and O–H groups in total. The van der Waals surface area contributed by atoms with Gasteiger partial charge >= 0.3 is 0 Å². The first-order valence-electron chi connectivity index (χ1n) is 21.9. The largest absolute Gasteiger partial charge is 0.368 e. The number of carbonyl (C=O) groups is 12. The molecule has 0 aliphatic carbocycles. The summed E-state index contributed by atoms with van der Waals surface area (Å²) in [6.45, 7) is 7.26. The van der Waals surface area contributed by atoms with Gasteiger partial charge in [0.2, 0.25) is 70.9 Å². The first-order valence-corrected chi connectivity index (χ1v) is 21.9. The maximum absolute atomic E-state index is 13.1. The van der Waals surface area contributed by atoms with Gasteiger partial charge in [0.05, 0.1) is 32.7 Å². The molecule has 0 unspecified atom stereocenters.